The number of allylic oxidation sites excluding steroid dienone is 1. The van der Waals surface area contributed by atoms with Crippen molar-refractivity contribution >= 4 is 34.7 Å². The predicted octanol–water partition coefficient (Wildman–Crippen LogP) is 2.88. The summed E-state index contributed by atoms with van der Waals surface area (Å²) in [5.41, 5.74) is 1.53. The SMILES string of the molecule is CCOC(=O)C1=C(C)N=c2sc(=Cc3ccc(OC)c(OC)c3)c(=O)n2[C@H]1c1cccs1. The lowest BCUT2D eigenvalue weighted by molar-refractivity contribution is -0.139. The van der Waals surface area contributed by atoms with Gasteiger partial charge in [-0.2, -0.15) is 0 Å². The van der Waals surface area contributed by atoms with Gasteiger partial charge in [0.25, 0.3) is 5.56 Å². The molecule has 1 aliphatic heterocycles. The second kappa shape index (κ2) is 9.13. The van der Waals surface area contributed by atoms with Gasteiger partial charge in [0.2, 0.25) is 0 Å². The number of thiophene rings is 1. The van der Waals surface area contributed by atoms with Gasteiger partial charge in [-0.3, -0.25) is 9.36 Å². The molecule has 2 aromatic heterocycles. The summed E-state index contributed by atoms with van der Waals surface area (Å²) in [5, 5.41) is 1.92. The van der Waals surface area contributed by atoms with E-state index in [1.165, 1.54) is 22.7 Å². The molecule has 1 aliphatic rings. The summed E-state index contributed by atoms with van der Waals surface area (Å²) in [6.07, 6.45) is 1.79. The highest BCUT2D eigenvalue weighted by Gasteiger charge is 2.33. The van der Waals surface area contributed by atoms with Gasteiger partial charge < -0.3 is 14.2 Å². The molecule has 166 valence electrons. The predicted molar refractivity (Wildman–Crippen MR) is 124 cm³/mol. The lowest BCUT2D eigenvalue weighted by Crippen LogP contribution is -2.39. The minimum Gasteiger partial charge on any atom is -0.493 e. The number of aromatic nitrogens is 1. The molecule has 3 heterocycles. The Kier molecular flexibility index (Phi) is 6.29. The number of carbonyl (C=O) groups excluding carboxylic acids is 1. The second-order valence-electron chi connectivity index (χ2n) is 6.93. The van der Waals surface area contributed by atoms with Crippen molar-refractivity contribution in [1.29, 1.82) is 0 Å². The van der Waals surface area contributed by atoms with Crippen LogP contribution in [0.2, 0.25) is 0 Å². The maximum Gasteiger partial charge on any atom is 0.338 e. The summed E-state index contributed by atoms with van der Waals surface area (Å²) in [4.78, 5) is 32.3. The molecule has 32 heavy (non-hydrogen) atoms. The number of hydrogen-bond acceptors (Lipinski definition) is 8. The van der Waals surface area contributed by atoms with Crippen molar-refractivity contribution < 1.29 is 19.0 Å². The van der Waals surface area contributed by atoms with E-state index >= 15 is 0 Å². The van der Waals surface area contributed by atoms with Crippen LogP contribution in [0.25, 0.3) is 6.08 Å². The van der Waals surface area contributed by atoms with E-state index in [2.05, 4.69) is 4.99 Å². The van der Waals surface area contributed by atoms with Gasteiger partial charge in [0, 0.05) is 4.88 Å². The van der Waals surface area contributed by atoms with Crippen molar-refractivity contribution in [3.8, 4) is 11.5 Å². The molecule has 0 saturated carbocycles. The van der Waals surface area contributed by atoms with E-state index in [4.69, 9.17) is 14.2 Å². The normalized spacial score (nSPS) is 15.9. The molecular weight excluding hydrogens is 448 g/mol. The van der Waals surface area contributed by atoms with Crippen molar-refractivity contribution in [2.75, 3.05) is 20.8 Å². The zero-order valence-electron chi connectivity index (χ0n) is 18.1. The Morgan fingerprint density at radius 3 is 2.66 bits per heavy atom. The summed E-state index contributed by atoms with van der Waals surface area (Å²) < 4.78 is 18.0. The zero-order valence-corrected chi connectivity index (χ0v) is 19.7. The number of hydrogen-bond donors (Lipinski definition) is 0. The Balaban J connectivity index is 1.90. The third kappa shape index (κ3) is 3.89. The summed E-state index contributed by atoms with van der Waals surface area (Å²) in [6.45, 7) is 3.78. The molecule has 0 amide bonds. The molecule has 0 radical (unpaired) electrons. The van der Waals surface area contributed by atoms with Gasteiger partial charge in [0.05, 0.1) is 36.6 Å². The highest BCUT2D eigenvalue weighted by atomic mass is 32.1. The van der Waals surface area contributed by atoms with Gasteiger partial charge in [-0.15, -0.1) is 11.3 Å². The highest BCUT2D eigenvalue weighted by molar-refractivity contribution is 7.10. The van der Waals surface area contributed by atoms with Crippen LogP contribution in [-0.2, 0) is 9.53 Å². The summed E-state index contributed by atoms with van der Waals surface area (Å²) in [6, 6.07) is 8.70. The Morgan fingerprint density at radius 1 is 1.22 bits per heavy atom. The van der Waals surface area contributed by atoms with Crippen LogP contribution in [0, 0.1) is 0 Å². The number of rotatable bonds is 6. The molecule has 0 N–H and O–H groups in total. The second-order valence-corrected chi connectivity index (χ2v) is 8.92. The van der Waals surface area contributed by atoms with Crippen molar-refractivity contribution in [3.05, 3.63) is 77.1 Å². The van der Waals surface area contributed by atoms with Crippen LogP contribution in [0.5, 0.6) is 11.5 Å². The monoisotopic (exact) mass is 470 g/mol. The zero-order chi connectivity index (χ0) is 22.8. The van der Waals surface area contributed by atoms with E-state index in [9.17, 15) is 9.59 Å². The van der Waals surface area contributed by atoms with E-state index < -0.39 is 12.0 Å². The number of benzene rings is 1. The number of nitrogens with zero attached hydrogens (tertiary/aromatic N) is 2. The van der Waals surface area contributed by atoms with Crippen molar-refractivity contribution in [2.45, 2.75) is 19.9 Å². The van der Waals surface area contributed by atoms with Gasteiger partial charge in [0.1, 0.15) is 6.04 Å². The molecule has 4 rings (SSSR count). The van der Waals surface area contributed by atoms with Gasteiger partial charge in [-0.1, -0.05) is 23.5 Å². The molecule has 3 aromatic rings. The number of methoxy groups -OCH3 is 2. The van der Waals surface area contributed by atoms with Crippen LogP contribution < -0.4 is 24.4 Å². The van der Waals surface area contributed by atoms with E-state index in [0.717, 1.165) is 10.4 Å². The first-order valence-corrected chi connectivity index (χ1v) is 11.6. The van der Waals surface area contributed by atoms with Crippen LogP contribution in [-0.4, -0.2) is 31.4 Å². The smallest absolute Gasteiger partial charge is 0.338 e. The Labute approximate surface area is 192 Å². The molecule has 0 bridgehead atoms. The van der Waals surface area contributed by atoms with Crippen LogP contribution in [0.1, 0.15) is 30.3 Å². The molecular formula is C23H22N2O5S2. The molecule has 1 atom stereocenters. The van der Waals surface area contributed by atoms with Crippen LogP contribution in [0.15, 0.2) is 56.8 Å². The lowest BCUT2D eigenvalue weighted by atomic mass is 10.0. The molecule has 1 aromatic carbocycles. The van der Waals surface area contributed by atoms with E-state index in [-0.39, 0.29) is 12.2 Å². The number of carbonyl (C=O) groups is 1. The fourth-order valence-electron chi connectivity index (χ4n) is 3.60. The van der Waals surface area contributed by atoms with Crippen molar-refractivity contribution in [1.82, 2.24) is 4.57 Å². The fraction of sp³-hybridized carbons (Fsp3) is 0.261. The van der Waals surface area contributed by atoms with E-state index in [0.29, 0.717) is 32.1 Å². The maximum absolute atomic E-state index is 13.5. The Morgan fingerprint density at radius 2 is 2.00 bits per heavy atom. The summed E-state index contributed by atoms with van der Waals surface area (Å²) in [5.74, 6) is 0.728. The standard InChI is InChI=1S/C23H22N2O5S2/c1-5-30-22(27)19-13(2)24-23-25(20(19)17-7-6-10-31-17)21(26)18(32-23)12-14-8-9-15(28-3)16(11-14)29-4/h6-12,20H,5H2,1-4H3/t20-/m0/s1. The highest BCUT2D eigenvalue weighted by Crippen LogP contribution is 2.33. The first-order valence-electron chi connectivity index (χ1n) is 9.93. The molecule has 9 heteroatoms. The third-order valence-corrected chi connectivity index (χ3v) is 6.94. The minimum absolute atomic E-state index is 0.212. The average Bonchev–Trinajstić information content (AvgIpc) is 3.41. The first-order chi connectivity index (χ1) is 15.5. The number of esters is 1. The topological polar surface area (TPSA) is 79.1 Å². The average molecular weight is 471 g/mol. The van der Waals surface area contributed by atoms with Crippen LogP contribution in [0.3, 0.4) is 0 Å². The third-order valence-electron chi connectivity index (χ3n) is 5.04. The van der Waals surface area contributed by atoms with Crippen molar-refractivity contribution in [3.63, 3.8) is 0 Å². The number of fused-ring (bicyclic) bond motifs is 1. The maximum atomic E-state index is 13.5. The van der Waals surface area contributed by atoms with Gasteiger partial charge in [-0.25, -0.2) is 9.79 Å². The minimum atomic E-state index is -0.571. The van der Waals surface area contributed by atoms with E-state index in [1.807, 2.05) is 29.6 Å². The van der Waals surface area contributed by atoms with E-state index in [1.54, 1.807) is 44.8 Å². The molecule has 0 spiro atoms. The molecule has 0 fully saturated rings. The Hall–Kier alpha value is -3.17. The van der Waals surface area contributed by atoms with Crippen LogP contribution >= 0.6 is 22.7 Å². The molecule has 0 saturated heterocycles. The summed E-state index contributed by atoms with van der Waals surface area (Å²) >= 11 is 2.77. The quantitative estimate of drug-likeness (QED) is 0.518. The molecule has 0 unspecified atom stereocenters. The summed E-state index contributed by atoms with van der Waals surface area (Å²) in [7, 11) is 3.14. The largest absolute Gasteiger partial charge is 0.493 e. The fourth-order valence-corrected chi connectivity index (χ4v) is 5.47. The van der Waals surface area contributed by atoms with Gasteiger partial charge in [-0.05, 0) is 49.1 Å². The lowest BCUT2D eigenvalue weighted by Gasteiger charge is -2.23. The van der Waals surface area contributed by atoms with Crippen LogP contribution in [0.4, 0.5) is 0 Å². The number of thiazole rings is 1. The molecule has 7 nitrogen and oxygen atoms in total. The Bertz CT molecular complexity index is 1370. The number of ether oxygens (including phenoxy) is 3. The van der Waals surface area contributed by atoms with Gasteiger partial charge >= 0.3 is 5.97 Å². The van der Waals surface area contributed by atoms with Crippen molar-refractivity contribution in [2.24, 2.45) is 4.99 Å². The first kappa shape index (κ1) is 22.0. The van der Waals surface area contributed by atoms with Gasteiger partial charge in [0.15, 0.2) is 16.3 Å². The molecule has 0 aliphatic carbocycles.